The van der Waals surface area contributed by atoms with Crippen molar-refractivity contribution in [3.63, 3.8) is 0 Å². The first kappa shape index (κ1) is 21.0. The van der Waals surface area contributed by atoms with E-state index in [1.54, 1.807) is 0 Å². The van der Waals surface area contributed by atoms with Crippen LogP contribution in [0.4, 0.5) is 18.9 Å². The van der Waals surface area contributed by atoms with Gasteiger partial charge in [-0.1, -0.05) is 11.6 Å². The molecular weight excluding hydrogens is 391 g/mol. The first-order valence-corrected chi connectivity index (χ1v) is 8.35. The number of piperazine rings is 1. The van der Waals surface area contributed by atoms with E-state index in [4.69, 9.17) is 11.6 Å². The minimum absolute atomic E-state index is 0.0675. The van der Waals surface area contributed by atoms with E-state index in [1.165, 1.54) is 13.2 Å². The van der Waals surface area contributed by atoms with Gasteiger partial charge in [-0.25, -0.2) is 0 Å². The average Bonchev–Trinajstić information content (AvgIpc) is 2.58. The van der Waals surface area contributed by atoms with Crippen molar-refractivity contribution >= 4 is 35.1 Å². The van der Waals surface area contributed by atoms with Gasteiger partial charge in [0.2, 0.25) is 0 Å². The molecule has 1 aliphatic rings. The van der Waals surface area contributed by atoms with Crippen LogP contribution in [-0.2, 0) is 25.3 Å². The fourth-order valence-electron chi connectivity index (χ4n) is 2.76. The van der Waals surface area contributed by atoms with Crippen molar-refractivity contribution in [2.24, 2.45) is 0 Å². The number of hydrogen-bond donors (Lipinski definition) is 3. The summed E-state index contributed by atoms with van der Waals surface area (Å²) in [6.45, 7) is 0.507. The first-order valence-electron chi connectivity index (χ1n) is 7.97. The fourth-order valence-corrected chi connectivity index (χ4v) is 2.98. The molecule has 1 aliphatic heterocycles. The molecule has 1 aromatic carbocycles. The minimum Gasteiger partial charge on any atom is -0.469 e. The quantitative estimate of drug-likeness (QED) is 0.609. The van der Waals surface area contributed by atoms with Crippen LogP contribution in [0.5, 0.6) is 0 Å². The largest absolute Gasteiger partial charge is 0.469 e. The Morgan fingerprint density at radius 2 is 2.11 bits per heavy atom. The van der Waals surface area contributed by atoms with Crippen LogP contribution in [0.25, 0.3) is 0 Å². The number of ether oxygens (including phenoxy) is 1. The number of amides is 2. The molecule has 2 atom stereocenters. The molecule has 0 spiro atoms. The summed E-state index contributed by atoms with van der Waals surface area (Å²) in [5.41, 5.74) is -1.13. The molecule has 27 heavy (non-hydrogen) atoms. The Morgan fingerprint density at radius 1 is 1.41 bits per heavy atom. The molecule has 0 aliphatic carbocycles. The average molecular weight is 409 g/mol. The maximum atomic E-state index is 12.9. The van der Waals surface area contributed by atoms with Gasteiger partial charge >= 0.3 is 12.1 Å². The lowest BCUT2D eigenvalue weighted by Gasteiger charge is -2.30. The summed E-state index contributed by atoms with van der Waals surface area (Å²) in [5, 5.41) is 4.50. The fraction of sp³-hybridized carbons (Fsp3) is 0.438. The van der Waals surface area contributed by atoms with E-state index in [2.05, 4.69) is 15.4 Å². The van der Waals surface area contributed by atoms with Gasteiger partial charge in [-0.05, 0) is 18.2 Å². The SMILES string of the molecule is COC(=O)C[C@@H]1C(=O)NCC[NH+]1CC(=O)Nc1ccc(Cl)c(C(F)(F)F)c1. The summed E-state index contributed by atoms with van der Waals surface area (Å²) in [4.78, 5) is 36.2. The van der Waals surface area contributed by atoms with Crippen molar-refractivity contribution in [3.8, 4) is 0 Å². The predicted octanol–water partition coefficient (Wildman–Crippen LogP) is 0.244. The number of carbonyl (C=O) groups excluding carboxylic acids is 3. The summed E-state index contributed by atoms with van der Waals surface area (Å²) in [6.07, 6.45) is -4.86. The van der Waals surface area contributed by atoms with Crippen LogP contribution >= 0.6 is 11.6 Å². The van der Waals surface area contributed by atoms with Crippen molar-refractivity contribution in [1.29, 1.82) is 0 Å². The molecule has 1 saturated heterocycles. The van der Waals surface area contributed by atoms with Crippen molar-refractivity contribution in [2.45, 2.75) is 18.6 Å². The van der Waals surface area contributed by atoms with Crippen LogP contribution in [0.1, 0.15) is 12.0 Å². The molecule has 0 aromatic heterocycles. The first-order chi connectivity index (χ1) is 12.6. The van der Waals surface area contributed by atoms with Gasteiger partial charge in [-0.3, -0.25) is 14.4 Å². The Bertz CT molecular complexity index is 742. The highest BCUT2D eigenvalue weighted by molar-refractivity contribution is 6.31. The van der Waals surface area contributed by atoms with Gasteiger partial charge in [0.15, 0.2) is 12.6 Å². The number of benzene rings is 1. The highest BCUT2D eigenvalue weighted by Crippen LogP contribution is 2.36. The van der Waals surface area contributed by atoms with Gasteiger partial charge in [-0.15, -0.1) is 0 Å². The topological polar surface area (TPSA) is 88.9 Å². The number of halogens is 4. The number of carbonyl (C=O) groups is 3. The smallest absolute Gasteiger partial charge is 0.417 e. The molecule has 1 aromatic rings. The Labute approximate surface area is 157 Å². The standard InChI is InChI=1S/C16H17ClF3N3O4/c1-27-14(25)7-12-15(26)21-4-5-23(12)8-13(24)22-9-2-3-11(17)10(6-9)16(18,19)20/h2-3,6,12H,4-5,7-8H2,1H3,(H,21,26)(H,22,24)/p+1/t12-/m1/s1. The summed E-state index contributed by atoms with van der Waals surface area (Å²) in [7, 11) is 1.19. The van der Waals surface area contributed by atoms with Crippen molar-refractivity contribution < 1.29 is 37.2 Å². The van der Waals surface area contributed by atoms with Gasteiger partial charge in [-0.2, -0.15) is 13.2 Å². The lowest BCUT2D eigenvalue weighted by atomic mass is 10.1. The van der Waals surface area contributed by atoms with Gasteiger partial charge in [0.25, 0.3) is 11.8 Å². The maximum Gasteiger partial charge on any atom is 0.417 e. The second-order valence-corrected chi connectivity index (χ2v) is 6.36. The lowest BCUT2D eigenvalue weighted by molar-refractivity contribution is -0.909. The van der Waals surface area contributed by atoms with Gasteiger partial charge < -0.3 is 20.3 Å². The normalized spacial score (nSPS) is 20.0. The van der Waals surface area contributed by atoms with Crippen LogP contribution in [0.3, 0.4) is 0 Å². The number of nitrogens with one attached hydrogen (secondary N) is 3. The molecule has 1 unspecified atom stereocenters. The number of rotatable bonds is 5. The number of anilines is 1. The van der Waals surface area contributed by atoms with E-state index in [1.807, 2.05) is 0 Å². The van der Waals surface area contributed by atoms with Crippen molar-refractivity contribution in [3.05, 3.63) is 28.8 Å². The predicted molar refractivity (Wildman–Crippen MR) is 89.2 cm³/mol. The van der Waals surface area contributed by atoms with Gasteiger partial charge in [0.1, 0.15) is 6.42 Å². The van der Waals surface area contributed by atoms with Crippen molar-refractivity contribution in [1.82, 2.24) is 5.32 Å². The Balaban J connectivity index is 2.07. The summed E-state index contributed by atoms with van der Waals surface area (Å²) in [6, 6.07) is 2.22. The molecule has 3 N–H and O–H groups in total. The molecule has 2 rings (SSSR count). The zero-order valence-electron chi connectivity index (χ0n) is 14.3. The summed E-state index contributed by atoms with van der Waals surface area (Å²) >= 11 is 5.55. The molecule has 2 amide bonds. The van der Waals surface area contributed by atoms with E-state index >= 15 is 0 Å². The number of alkyl halides is 3. The van der Waals surface area contributed by atoms with Gasteiger partial charge in [0, 0.05) is 5.69 Å². The second kappa shape index (κ2) is 8.57. The number of methoxy groups -OCH3 is 1. The molecular formula is C16H18ClF3N3O4+. The Morgan fingerprint density at radius 3 is 2.74 bits per heavy atom. The third kappa shape index (κ3) is 5.57. The Hall–Kier alpha value is -2.33. The third-order valence-corrected chi connectivity index (χ3v) is 4.43. The van der Waals surface area contributed by atoms with Crippen LogP contribution in [0, 0.1) is 0 Å². The van der Waals surface area contributed by atoms with E-state index in [9.17, 15) is 27.6 Å². The molecule has 148 valence electrons. The Kier molecular flexibility index (Phi) is 6.66. The van der Waals surface area contributed by atoms with E-state index in [-0.39, 0.29) is 24.6 Å². The molecule has 7 nitrogen and oxygen atoms in total. The molecule has 1 fully saturated rings. The van der Waals surface area contributed by atoms with Crippen LogP contribution in [0.2, 0.25) is 5.02 Å². The van der Waals surface area contributed by atoms with Crippen LogP contribution in [-0.4, -0.2) is 50.6 Å². The van der Waals surface area contributed by atoms with Crippen LogP contribution in [0.15, 0.2) is 18.2 Å². The monoisotopic (exact) mass is 408 g/mol. The minimum atomic E-state index is -4.65. The third-order valence-electron chi connectivity index (χ3n) is 4.10. The molecule has 1 heterocycles. The maximum absolute atomic E-state index is 12.9. The summed E-state index contributed by atoms with van der Waals surface area (Å²) < 4.78 is 43.3. The molecule has 0 radical (unpaired) electrons. The highest BCUT2D eigenvalue weighted by atomic mass is 35.5. The zero-order valence-corrected chi connectivity index (χ0v) is 15.0. The van der Waals surface area contributed by atoms with Crippen LogP contribution < -0.4 is 15.5 Å². The number of esters is 1. The van der Waals surface area contributed by atoms with E-state index in [0.717, 1.165) is 12.1 Å². The number of quaternary nitrogens is 1. The lowest BCUT2D eigenvalue weighted by Crippen LogP contribution is -3.20. The van der Waals surface area contributed by atoms with E-state index < -0.39 is 34.7 Å². The molecule has 11 heteroatoms. The highest BCUT2D eigenvalue weighted by Gasteiger charge is 2.37. The molecule has 0 saturated carbocycles. The van der Waals surface area contributed by atoms with E-state index in [0.29, 0.717) is 18.0 Å². The molecule has 0 bridgehead atoms. The summed E-state index contributed by atoms with van der Waals surface area (Å²) in [5.74, 6) is -1.58. The second-order valence-electron chi connectivity index (χ2n) is 5.95. The van der Waals surface area contributed by atoms with Crippen molar-refractivity contribution in [2.75, 3.05) is 32.1 Å². The van der Waals surface area contributed by atoms with Gasteiger partial charge in [0.05, 0.1) is 30.8 Å². The zero-order chi connectivity index (χ0) is 20.2. The number of hydrogen-bond acceptors (Lipinski definition) is 4.